The van der Waals surface area contributed by atoms with Gasteiger partial charge < -0.3 is 14.6 Å². The van der Waals surface area contributed by atoms with E-state index in [0.717, 1.165) is 29.5 Å². The maximum atomic E-state index is 11.8. The molecule has 3 aromatic rings. The normalized spacial score (nSPS) is 11.4. The number of benzene rings is 2. The van der Waals surface area contributed by atoms with Crippen molar-refractivity contribution in [3.05, 3.63) is 60.2 Å². The lowest BCUT2D eigenvalue weighted by molar-refractivity contribution is 0.255. The second-order valence-corrected chi connectivity index (χ2v) is 9.25. The van der Waals surface area contributed by atoms with Gasteiger partial charge in [-0.25, -0.2) is 13.4 Å². The van der Waals surface area contributed by atoms with Gasteiger partial charge in [-0.05, 0) is 42.3 Å². The highest BCUT2D eigenvalue weighted by atomic mass is 32.2. The first kappa shape index (κ1) is 22.8. The van der Waals surface area contributed by atoms with Gasteiger partial charge >= 0.3 is 0 Å². The summed E-state index contributed by atoms with van der Waals surface area (Å²) in [5.74, 6) is 1.09. The fraction of sp³-hybridized carbons (Fsp3) is 0.292. The number of hydrogen-bond donors (Lipinski definition) is 1. The van der Waals surface area contributed by atoms with Crippen LogP contribution < -0.4 is 9.47 Å². The fourth-order valence-electron chi connectivity index (χ4n) is 3.18. The predicted molar refractivity (Wildman–Crippen MR) is 121 cm³/mol. The van der Waals surface area contributed by atoms with Gasteiger partial charge in [-0.1, -0.05) is 37.6 Å². The van der Waals surface area contributed by atoms with E-state index in [9.17, 15) is 13.5 Å². The number of hydrogen-bond acceptors (Lipinski definition) is 6. The molecule has 0 saturated heterocycles. The Bertz CT molecular complexity index is 1140. The topological polar surface area (TPSA) is 85.7 Å². The van der Waals surface area contributed by atoms with Crippen molar-refractivity contribution >= 4 is 9.84 Å². The SMILES string of the molecule is CCCCOc1nc(-c2cccc(OC)c2)c(-c2ccc(S(C)(=O)=O)cc2)cc1CO. The lowest BCUT2D eigenvalue weighted by atomic mass is 9.97. The molecule has 0 amide bonds. The Kier molecular flexibility index (Phi) is 7.30. The molecule has 0 saturated carbocycles. The fourth-order valence-corrected chi connectivity index (χ4v) is 3.81. The first-order chi connectivity index (χ1) is 14.9. The number of pyridine rings is 1. The zero-order chi connectivity index (χ0) is 22.4. The molecule has 3 rings (SSSR count). The minimum absolute atomic E-state index is 0.221. The van der Waals surface area contributed by atoms with E-state index in [-0.39, 0.29) is 11.5 Å². The van der Waals surface area contributed by atoms with Gasteiger partial charge in [0, 0.05) is 22.9 Å². The Morgan fingerprint density at radius 1 is 1.03 bits per heavy atom. The van der Waals surface area contributed by atoms with Crippen molar-refractivity contribution in [2.75, 3.05) is 20.0 Å². The van der Waals surface area contributed by atoms with Gasteiger partial charge in [0.15, 0.2) is 9.84 Å². The molecule has 164 valence electrons. The molecule has 0 aliphatic carbocycles. The van der Waals surface area contributed by atoms with Crippen molar-refractivity contribution in [3.63, 3.8) is 0 Å². The minimum Gasteiger partial charge on any atom is -0.497 e. The van der Waals surface area contributed by atoms with Crippen LogP contribution in [0.15, 0.2) is 59.5 Å². The third-order valence-corrected chi connectivity index (χ3v) is 6.03. The van der Waals surface area contributed by atoms with Crippen molar-refractivity contribution < 1.29 is 23.0 Å². The summed E-state index contributed by atoms with van der Waals surface area (Å²) in [5.41, 5.74) is 3.61. The Morgan fingerprint density at radius 3 is 2.39 bits per heavy atom. The van der Waals surface area contributed by atoms with E-state index in [0.29, 0.717) is 29.5 Å². The predicted octanol–water partition coefficient (Wildman–Crippen LogP) is 4.50. The number of sulfone groups is 1. The van der Waals surface area contributed by atoms with Gasteiger partial charge in [-0.3, -0.25) is 0 Å². The van der Waals surface area contributed by atoms with Crippen molar-refractivity contribution in [3.8, 4) is 34.0 Å². The summed E-state index contributed by atoms with van der Waals surface area (Å²) >= 11 is 0. The summed E-state index contributed by atoms with van der Waals surface area (Å²) in [5, 5.41) is 9.92. The van der Waals surface area contributed by atoms with E-state index in [1.807, 2.05) is 30.3 Å². The zero-order valence-corrected chi connectivity index (χ0v) is 18.8. The maximum absolute atomic E-state index is 11.8. The van der Waals surface area contributed by atoms with Crippen molar-refractivity contribution in [2.45, 2.75) is 31.3 Å². The number of rotatable bonds is 9. The molecule has 0 aliphatic rings. The molecule has 0 bridgehead atoms. The highest BCUT2D eigenvalue weighted by molar-refractivity contribution is 7.90. The van der Waals surface area contributed by atoms with E-state index in [1.165, 1.54) is 6.26 Å². The van der Waals surface area contributed by atoms with Gasteiger partial charge in [0.2, 0.25) is 5.88 Å². The average Bonchev–Trinajstić information content (AvgIpc) is 2.78. The van der Waals surface area contributed by atoms with Gasteiger partial charge in [0.25, 0.3) is 0 Å². The zero-order valence-electron chi connectivity index (χ0n) is 18.0. The van der Waals surface area contributed by atoms with Crippen LogP contribution in [-0.4, -0.2) is 38.5 Å². The Labute approximate surface area is 183 Å². The monoisotopic (exact) mass is 441 g/mol. The quantitative estimate of drug-likeness (QED) is 0.492. The number of aliphatic hydroxyl groups is 1. The molecule has 0 unspecified atom stereocenters. The standard InChI is InChI=1S/C24H27NO5S/c1-4-5-13-30-24-19(16-26)15-22(17-9-11-21(12-10-17)31(3,27)28)23(25-24)18-7-6-8-20(14-18)29-2/h6-12,14-15,26H,4-5,13,16H2,1-3H3. The number of aromatic nitrogens is 1. The first-order valence-electron chi connectivity index (χ1n) is 10.1. The molecule has 0 fully saturated rings. The molecular weight excluding hydrogens is 414 g/mol. The minimum atomic E-state index is -3.30. The number of ether oxygens (including phenoxy) is 2. The third kappa shape index (κ3) is 5.42. The highest BCUT2D eigenvalue weighted by Crippen LogP contribution is 2.36. The molecule has 6 nitrogen and oxygen atoms in total. The van der Waals surface area contributed by atoms with Crippen molar-refractivity contribution in [1.29, 1.82) is 0 Å². The second kappa shape index (κ2) is 9.94. The molecule has 1 aromatic heterocycles. The van der Waals surface area contributed by atoms with Crippen LogP contribution in [0, 0.1) is 0 Å². The lowest BCUT2D eigenvalue weighted by Crippen LogP contribution is -2.05. The summed E-state index contributed by atoms with van der Waals surface area (Å²) in [6.45, 7) is 2.37. The molecule has 1 N–H and O–H groups in total. The van der Waals surface area contributed by atoms with Gasteiger partial charge in [-0.15, -0.1) is 0 Å². The second-order valence-electron chi connectivity index (χ2n) is 7.24. The number of unbranched alkanes of at least 4 members (excludes halogenated alkanes) is 1. The molecule has 0 radical (unpaired) electrons. The van der Waals surface area contributed by atoms with Crippen molar-refractivity contribution in [2.24, 2.45) is 0 Å². The number of aliphatic hydroxyl groups excluding tert-OH is 1. The third-order valence-electron chi connectivity index (χ3n) is 4.91. The van der Waals surface area contributed by atoms with Crippen LogP contribution in [0.5, 0.6) is 11.6 Å². The Balaban J connectivity index is 2.17. The number of nitrogens with zero attached hydrogens (tertiary/aromatic N) is 1. The van der Waals surface area contributed by atoms with Gasteiger partial charge in [0.05, 0.1) is 30.9 Å². The van der Waals surface area contributed by atoms with Crippen LogP contribution in [0.4, 0.5) is 0 Å². The highest BCUT2D eigenvalue weighted by Gasteiger charge is 2.17. The first-order valence-corrected chi connectivity index (χ1v) is 12.0. The van der Waals surface area contributed by atoms with Crippen LogP contribution in [0.3, 0.4) is 0 Å². The largest absolute Gasteiger partial charge is 0.497 e. The molecule has 2 aromatic carbocycles. The van der Waals surface area contributed by atoms with E-state index in [1.54, 1.807) is 31.4 Å². The van der Waals surface area contributed by atoms with Gasteiger partial charge in [0.1, 0.15) is 5.75 Å². The van der Waals surface area contributed by atoms with E-state index in [4.69, 9.17) is 14.5 Å². The van der Waals surface area contributed by atoms with Crippen LogP contribution in [0.2, 0.25) is 0 Å². The van der Waals surface area contributed by atoms with Crippen LogP contribution in [0.25, 0.3) is 22.4 Å². The molecule has 0 spiro atoms. The van der Waals surface area contributed by atoms with E-state index < -0.39 is 9.84 Å². The van der Waals surface area contributed by atoms with Crippen LogP contribution in [-0.2, 0) is 16.4 Å². The summed E-state index contributed by atoms with van der Waals surface area (Å²) in [6.07, 6.45) is 3.05. The molecular formula is C24H27NO5S. The van der Waals surface area contributed by atoms with Gasteiger partial charge in [-0.2, -0.15) is 0 Å². The average molecular weight is 442 g/mol. The molecule has 0 atom stereocenters. The molecule has 31 heavy (non-hydrogen) atoms. The van der Waals surface area contributed by atoms with Crippen molar-refractivity contribution in [1.82, 2.24) is 4.98 Å². The Morgan fingerprint density at radius 2 is 1.77 bits per heavy atom. The molecule has 1 heterocycles. The summed E-state index contributed by atoms with van der Waals surface area (Å²) < 4.78 is 34.9. The maximum Gasteiger partial charge on any atom is 0.219 e. The van der Waals surface area contributed by atoms with Crippen LogP contribution >= 0.6 is 0 Å². The number of methoxy groups -OCH3 is 1. The summed E-state index contributed by atoms with van der Waals surface area (Å²) in [7, 11) is -1.69. The summed E-state index contributed by atoms with van der Waals surface area (Å²) in [4.78, 5) is 5.00. The summed E-state index contributed by atoms with van der Waals surface area (Å²) in [6, 6.07) is 16.0. The van der Waals surface area contributed by atoms with E-state index >= 15 is 0 Å². The lowest BCUT2D eigenvalue weighted by Gasteiger charge is -2.16. The Hall–Kier alpha value is -2.90. The molecule has 0 aliphatic heterocycles. The smallest absolute Gasteiger partial charge is 0.219 e. The van der Waals surface area contributed by atoms with E-state index in [2.05, 4.69) is 6.92 Å². The van der Waals surface area contributed by atoms with Crippen LogP contribution in [0.1, 0.15) is 25.3 Å². The molecule has 7 heteroatoms.